The lowest BCUT2D eigenvalue weighted by atomic mass is 9.87. The third-order valence-electron chi connectivity index (χ3n) is 4.73. The zero-order valence-corrected chi connectivity index (χ0v) is 17.4. The lowest BCUT2D eigenvalue weighted by molar-refractivity contribution is 0.130. The summed E-state index contributed by atoms with van der Waals surface area (Å²) in [5.41, 5.74) is 1.09. The average molecular weight is 409 g/mol. The Morgan fingerprint density at radius 1 is 1.19 bits per heavy atom. The number of piperidine rings is 1. The van der Waals surface area contributed by atoms with Crippen molar-refractivity contribution in [1.82, 2.24) is 9.29 Å². The maximum atomic E-state index is 13.0. The Kier molecular flexibility index (Phi) is 5.79. The molecule has 3 rings (SSSR count). The smallest absolute Gasteiger partial charge is 0.243 e. The number of hydrogen-bond acceptors (Lipinski definition) is 4. The van der Waals surface area contributed by atoms with Crippen molar-refractivity contribution >= 4 is 21.6 Å². The normalized spacial score (nSPS) is 19.0. The minimum absolute atomic E-state index is 0.0177. The van der Waals surface area contributed by atoms with E-state index in [1.54, 1.807) is 24.4 Å². The number of pyridine rings is 1. The Balaban J connectivity index is 1.75. The first-order valence-electron chi connectivity index (χ1n) is 9.05. The van der Waals surface area contributed by atoms with E-state index in [9.17, 15) is 8.42 Å². The SMILES string of the molecule is CC(C)(C)c1ccc(S(=O)(=O)N2CCCC(Oc3ccncc3Cl)C2)cc1. The fourth-order valence-corrected chi connectivity index (χ4v) is 4.81. The van der Waals surface area contributed by atoms with Gasteiger partial charge in [0, 0.05) is 25.0 Å². The number of ether oxygens (including phenoxy) is 1. The van der Waals surface area contributed by atoms with Crippen LogP contribution in [0.2, 0.25) is 5.02 Å². The van der Waals surface area contributed by atoms with Crippen LogP contribution in [-0.4, -0.2) is 36.9 Å². The first-order chi connectivity index (χ1) is 12.7. The molecule has 0 spiro atoms. The van der Waals surface area contributed by atoms with Crippen molar-refractivity contribution in [2.24, 2.45) is 0 Å². The van der Waals surface area contributed by atoms with E-state index in [0.717, 1.165) is 18.4 Å². The molecule has 2 aromatic rings. The van der Waals surface area contributed by atoms with Gasteiger partial charge in [-0.1, -0.05) is 44.5 Å². The van der Waals surface area contributed by atoms with Crippen LogP contribution < -0.4 is 4.74 Å². The van der Waals surface area contributed by atoms with Crippen LogP contribution in [0.25, 0.3) is 0 Å². The topological polar surface area (TPSA) is 59.5 Å². The lowest BCUT2D eigenvalue weighted by Crippen LogP contribution is -2.44. The van der Waals surface area contributed by atoms with E-state index in [4.69, 9.17) is 16.3 Å². The molecule has 0 N–H and O–H groups in total. The van der Waals surface area contributed by atoms with Crippen LogP contribution in [0.1, 0.15) is 39.2 Å². The van der Waals surface area contributed by atoms with Gasteiger partial charge in [-0.25, -0.2) is 8.42 Å². The summed E-state index contributed by atoms with van der Waals surface area (Å²) in [6, 6.07) is 8.87. The molecule has 0 bridgehead atoms. The summed E-state index contributed by atoms with van der Waals surface area (Å²) in [7, 11) is -3.55. The molecule has 1 aromatic carbocycles. The quantitative estimate of drug-likeness (QED) is 0.758. The molecule has 1 aromatic heterocycles. The zero-order valence-electron chi connectivity index (χ0n) is 15.9. The second kappa shape index (κ2) is 7.78. The maximum absolute atomic E-state index is 13.0. The molecular formula is C20H25ClN2O3S. The van der Waals surface area contributed by atoms with Crippen molar-refractivity contribution in [2.45, 2.75) is 50.0 Å². The molecule has 0 amide bonds. The van der Waals surface area contributed by atoms with Crippen molar-refractivity contribution in [2.75, 3.05) is 13.1 Å². The van der Waals surface area contributed by atoms with E-state index in [1.165, 1.54) is 10.5 Å². The van der Waals surface area contributed by atoms with Crippen molar-refractivity contribution in [3.8, 4) is 5.75 Å². The molecule has 1 atom stereocenters. The van der Waals surface area contributed by atoms with Crippen LogP contribution in [-0.2, 0) is 15.4 Å². The second-order valence-electron chi connectivity index (χ2n) is 7.83. The number of benzene rings is 1. The molecule has 0 radical (unpaired) electrons. The number of sulfonamides is 1. The van der Waals surface area contributed by atoms with Gasteiger partial charge in [0.25, 0.3) is 0 Å². The van der Waals surface area contributed by atoms with Gasteiger partial charge in [0.05, 0.1) is 11.4 Å². The molecule has 1 unspecified atom stereocenters. The molecule has 1 aliphatic rings. The minimum atomic E-state index is -3.55. The van der Waals surface area contributed by atoms with Crippen LogP contribution in [0, 0.1) is 0 Å². The molecule has 2 heterocycles. The predicted octanol–water partition coefficient (Wildman–Crippen LogP) is 4.26. The van der Waals surface area contributed by atoms with Crippen LogP contribution in [0.4, 0.5) is 0 Å². The Morgan fingerprint density at radius 2 is 1.89 bits per heavy atom. The van der Waals surface area contributed by atoms with Crippen molar-refractivity contribution in [3.63, 3.8) is 0 Å². The zero-order chi connectivity index (χ0) is 19.7. The number of nitrogens with zero attached hydrogens (tertiary/aromatic N) is 2. The summed E-state index contributed by atoms with van der Waals surface area (Å²) in [6.45, 7) is 7.11. The molecule has 146 valence electrons. The molecule has 1 fully saturated rings. The Hall–Kier alpha value is -1.63. The number of rotatable bonds is 4. The van der Waals surface area contributed by atoms with E-state index in [0.29, 0.717) is 28.8 Å². The van der Waals surface area contributed by atoms with Gasteiger partial charge < -0.3 is 4.74 Å². The van der Waals surface area contributed by atoms with E-state index in [2.05, 4.69) is 25.8 Å². The van der Waals surface area contributed by atoms with Gasteiger partial charge in [0.15, 0.2) is 0 Å². The lowest BCUT2D eigenvalue weighted by Gasteiger charge is -2.32. The van der Waals surface area contributed by atoms with Crippen LogP contribution in [0.5, 0.6) is 5.75 Å². The Bertz CT molecular complexity index is 892. The fraction of sp³-hybridized carbons (Fsp3) is 0.450. The van der Waals surface area contributed by atoms with Gasteiger partial charge >= 0.3 is 0 Å². The monoisotopic (exact) mass is 408 g/mol. The van der Waals surface area contributed by atoms with Crippen LogP contribution in [0.15, 0.2) is 47.6 Å². The molecule has 7 heteroatoms. The molecule has 0 saturated carbocycles. The second-order valence-corrected chi connectivity index (χ2v) is 10.2. The summed E-state index contributed by atoms with van der Waals surface area (Å²) in [6.07, 6.45) is 4.42. The summed E-state index contributed by atoms with van der Waals surface area (Å²) >= 11 is 6.10. The van der Waals surface area contributed by atoms with Gasteiger partial charge in [-0.15, -0.1) is 0 Å². The molecular weight excluding hydrogens is 384 g/mol. The summed E-state index contributed by atoms with van der Waals surface area (Å²) in [5, 5.41) is 0.426. The number of halogens is 1. The van der Waals surface area contributed by atoms with Gasteiger partial charge in [-0.05, 0) is 36.0 Å². The maximum Gasteiger partial charge on any atom is 0.243 e. The molecule has 1 aliphatic heterocycles. The molecule has 0 aliphatic carbocycles. The van der Waals surface area contributed by atoms with E-state index < -0.39 is 10.0 Å². The first-order valence-corrected chi connectivity index (χ1v) is 10.9. The number of hydrogen-bond donors (Lipinski definition) is 0. The first kappa shape index (κ1) is 20.1. The minimum Gasteiger partial charge on any atom is -0.487 e. The average Bonchev–Trinajstić information content (AvgIpc) is 2.63. The largest absolute Gasteiger partial charge is 0.487 e. The van der Waals surface area contributed by atoms with E-state index in [1.807, 2.05) is 12.1 Å². The van der Waals surface area contributed by atoms with Gasteiger partial charge in [0.1, 0.15) is 16.9 Å². The fourth-order valence-electron chi connectivity index (χ4n) is 3.13. The molecule has 5 nitrogen and oxygen atoms in total. The third kappa shape index (κ3) is 4.62. The summed E-state index contributed by atoms with van der Waals surface area (Å²) in [4.78, 5) is 4.26. The Morgan fingerprint density at radius 3 is 2.52 bits per heavy atom. The van der Waals surface area contributed by atoms with Crippen LogP contribution >= 0.6 is 11.6 Å². The molecule has 1 saturated heterocycles. The van der Waals surface area contributed by atoms with E-state index in [-0.39, 0.29) is 11.5 Å². The van der Waals surface area contributed by atoms with Crippen molar-refractivity contribution < 1.29 is 13.2 Å². The highest BCUT2D eigenvalue weighted by atomic mass is 35.5. The van der Waals surface area contributed by atoms with Gasteiger partial charge in [-0.3, -0.25) is 4.98 Å². The summed E-state index contributed by atoms with van der Waals surface area (Å²) in [5.74, 6) is 0.533. The van der Waals surface area contributed by atoms with Crippen molar-refractivity contribution in [3.05, 3.63) is 53.3 Å². The molecule has 27 heavy (non-hydrogen) atoms. The predicted molar refractivity (Wildman–Crippen MR) is 107 cm³/mol. The van der Waals surface area contributed by atoms with Gasteiger partial charge in [0.2, 0.25) is 10.0 Å². The highest BCUT2D eigenvalue weighted by Crippen LogP contribution is 2.28. The standard InChI is InChI=1S/C20H25ClN2O3S/c1-20(2,3)15-6-8-17(9-7-15)27(24,25)23-12-4-5-16(14-23)26-19-10-11-22-13-18(19)21/h6-11,13,16H,4-5,12,14H2,1-3H3. The van der Waals surface area contributed by atoms with Gasteiger partial charge in [-0.2, -0.15) is 4.31 Å². The summed E-state index contributed by atoms with van der Waals surface area (Å²) < 4.78 is 33.5. The van der Waals surface area contributed by atoms with Crippen LogP contribution in [0.3, 0.4) is 0 Å². The highest BCUT2D eigenvalue weighted by molar-refractivity contribution is 7.89. The highest BCUT2D eigenvalue weighted by Gasteiger charge is 2.31. The van der Waals surface area contributed by atoms with Crippen molar-refractivity contribution in [1.29, 1.82) is 0 Å². The van der Waals surface area contributed by atoms with E-state index >= 15 is 0 Å². The third-order valence-corrected chi connectivity index (χ3v) is 6.89. The number of aromatic nitrogens is 1. The Labute approximate surface area is 166 Å².